The van der Waals surface area contributed by atoms with Crippen molar-refractivity contribution in [3.8, 4) is 0 Å². The zero-order valence-electron chi connectivity index (χ0n) is 12.4. The van der Waals surface area contributed by atoms with Gasteiger partial charge in [-0.2, -0.15) is 0 Å². The fourth-order valence-corrected chi connectivity index (χ4v) is 2.46. The van der Waals surface area contributed by atoms with E-state index in [4.69, 9.17) is 4.98 Å². The van der Waals surface area contributed by atoms with Crippen LogP contribution in [0, 0.1) is 0 Å². The zero-order chi connectivity index (χ0) is 13.7. The molecule has 106 valence electrons. The number of nitrogens with zero attached hydrogens (tertiary/aromatic N) is 3. The normalized spacial score (nSPS) is 17.2. The number of anilines is 1. The van der Waals surface area contributed by atoms with Crippen LogP contribution in [0.1, 0.15) is 26.5 Å². The first-order chi connectivity index (χ1) is 9.20. The standard InChI is InChI=1S/C15H26N4/c1-4-16-12-14-6-5-7-15(17-14)19-10-8-18(9-11-19)13(2)3/h5-7,13,16H,4,8-12H2,1-3H3. The van der Waals surface area contributed by atoms with Crippen LogP contribution in [0.5, 0.6) is 0 Å². The summed E-state index contributed by atoms with van der Waals surface area (Å²) in [4.78, 5) is 9.67. The molecule has 4 nitrogen and oxygen atoms in total. The van der Waals surface area contributed by atoms with E-state index in [1.54, 1.807) is 0 Å². The molecule has 1 saturated heterocycles. The fourth-order valence-electron chi connectivity index (χ4n) is 2.46. The maximum Gasteiger partial charge on any atom is 0.128 e. The minimum atomic E-state index is 0.648. The van der Waals surface area contributed by atoms with Crippen molar-refractivity contribution < 1.29 is 0 Å². The summed E-state index contributed by atoms with van der Waals surface area (Å²) in [6.07, 6.45) is 0. The summed E-state index contributed by atoms with van der Waals surface area (Å²) in [6.45, 7) is 12.9. The first-order valence-electron chi connectivity index (χ1n) is 7.36. The van der Waals surface area contributed by atoms with E-state index in [0.29, 0.717) is 6.04 Å². The third-order valence-electron chi connectivity index (χ3n) is 3.72. The van der Waals surface area contributed by atoms with Crippen LogP contribution in [-0.4, -0.2) is 48.6 Å². The molecule has 1 aromatic rings. The average molecular weight is 262 g/mol. The molecule has 0 aliphatic carbocycles. The number of pyridine rings is 1. The van der Waals surface area contributed by atoms with E-state index in [2.05, 4.69) is 54.1 Å². The lowest BCUT2D eigenvalue weighted by molar-refractivity contribution is 0.209. The van der Waals surface area contributed by atoms with Gasteiger partial charge < -0.3 is 10.2 Å². The van der Waals surface area contributed by atoms with Crippen molar-refractivity contribution in [2.75, 3.05) is 37.6 Å². The van der Waals surface area contributed by atoms with Gasteiger partial charge in [0.25, 0.3) is 0 Å². The molecule has 0 saturated carbocycles. The first kappa shape index (κ1) is 14.3. The highest BCUT2D eigenvalue weighted by atomic mass is 15.3. The Balaban J connectivity index is 1.95. The van der Waals surface area contributed by atoms with E-state index in [9.17, 15) is 0 Å². The van der Waals surface area contributed by atoms with Gasteiger partial charge in [0.1, 0.15) is 5.82 Å². The summed E-state index contributed by atoms with van der Waals surface area (Å²) in [5.74, 6) is 1.12. The van der Waals surface area contributed by atoms with Crippen molar-refractivity contribution in [3.05, 3.63) is 23.9 Å². The lowest BCUT2D eigenvalue weighted by Gasteiger charge is -2.37. The number of rotatable bonds is 5. The smallest absolute Gasteiger partial charge is 0.128 e. The Morgan fingerprint density at radius 2 is 1.95 bits per heavy atom. The van der Waals surface area contributed by atoms with Crippen LogP contribution in [-0.2, 0) is 6.54 Å². The summed E-state index contributed by atoms with van der Waals surface area (Å²) < 4.78 is 0. The SMILES string of the molecule is CCNCc1cccc(N2CCN(C(C)C)CC2)n1. The van der Waals surface area contributed by atoms with Crippen molar-refractivity contribution in [3.63, 3.8) is 0 Å². The average Bonchev–Trinajstić information content (AvgIpc) is 2.45. The monoisotopic (exact) mass is 262 g/mol. The molecule has 0 unspecified atom stereocenters. The van der Waals surface area contributed by atoms with Crippen molar-refractivity contribution in [1.82, 2.24) is 15.2 Å². The van der Waals surface area contributed by atoms with Crippen molar-refractivity contribution in [2.24, 2.45) is 0 Å². The van der Waals surface area contributed by atoms with Gasteiger partial charge in [0.05, 0.1) is 5.69 Å². The summed E-state index contributed by atoms with van der Waals surface area (Å²) >= 11 is 0. The van der Waals surface area contributed by atoms with Gasteiger partial charge in [-0.1, -0.05) is 13.0 Å². The molecule has 1 N–H and O–H groups in total. The Morgan fingerprint density at radius 3 is 2.58 bits per heavy atom. The summed E-state index contributed by atoms with van der Waals surface area (Å²) in [5.41, 5.74) is 1.13. The van der Waals surface area contributed by atoms with Gasteiger partial charge in [-0.15, -0.1) is 0 Å². The highest BCUT2D eigenvalue weighted by Crippen LogP contribution is 2.15. The molecule has 0 bridgehead atoms. The van der Waals surface area contributed by atoms with Gasteiger partial charge in [-0.05, 0) is 32.5 Å². The van der Waals surface area contributed by atoms with E-state index in [1.165, 1.54) is 0 Å². The third kappa shape index (κ3) is 3.91. The molecule has 0 atom stereocenters. The predicted octanol–water partition coefficient (Wildman–Crippen LogP) is 1.72. The van der Waals surface area contributed by atoms with Crippen molar-refractivity contribution in [1.29, 1.82) is 0 Å². The molecule has 1 aliphatic rings. The van der Waals surface area contributed by atoms with E-state index >= 15 is 0 Å². The third-order valence-corrected chi connectivity index (χ3v) is 3.72. The fraction of sp³-hybridized carbons (Fsp3) is 0.667. The quantitative estimate of drug-likeness (QED) is 0.875. The Kier molecular flexibility index (Phi) is 5.16. The molecule has 1 fully saturated rings. The number of hydrogen-bond acceptors (Lipinski definition) is 4. The zero-order valence-corrected chi connectivity index (χ0v) is 12.4. The van der Waals surface area contributed by atoms with Gasteiger partial charge in [0, 0.05) is 38.8 Å². The van der Waals surface area contributed by atoms with E-state index in [-0.39, 0.29) is 0 Å². The van der Waals surface area contributed by atoms with Gasteiger partial charge in [-0.3, -0.25) is 4.90 Å². The largest absolute Gasteiger partial charge is 0.354 e. The molecule has 0 amide bonds. The highest BCUT2D eigenvalue weighted by molar-refractivity contribution is 5.39. The van der Waals surface area contributed by atoms with Crippen molar-refractivity contribution >= 4 is 5.82 Å². The second-order valence-electron chi connectivity index (χ2n) is 5.38. The molecule has 4 heteroatoms. The van der Waals surface area contributed by atoms with E-state index in [0.717, 1.165) is 50.8 Å². The Hall–Kier alpha value is -1.13. The number of hydrogen-bond donors (Lipinski definition) is 1. The molecule has 2 rings (SSSR count). The van der Waals surface area contributed by atoms with Crippen LogP contribution in [0.4, 0.5) is 5.82 Å². The van der Waals surface area contributed by atoms with Crippen LogP contribution < -0.4 is 10.2 Å². The number of nitrogens with one attached hydrogen (secondary N) is 1. The Labute approximate surface area is 116 Å². The van der Waals surface area contributed by atoms with Gasteiger partial charge in [-0.25, -0.2) is 4.98 Å². The molecule has 2 heterocycles. The van der Waals surface area contributed by atoms with E-state index in [1.807, 2.05) is 0 Å². The van der Waals surface area contributed by atoms with E-state index < -0.39 is 0 Å². The lowest BCUT2D eigenvalue weighted by atomic mass is 10.2. The van der Waals surface area contributed by atoms with Crippen LogP contribution >= 0.6 is 0 Å². The molecular weight excluding hydrogens is 236 g/mol. The predicted molar refractivity (Wildman–Crippen MR) is 80.5 cm³/mol. The summed E-state index contributed by atoms with van der Waals surface area (Å²) in [7, 11) is 0. The topological polar surface area (TPSA) is 31.4 Å². The number of piperazine rings is 1. The van der Waals surface area contributed by atoms with Gasteiger partial charge >= 0.3 is 0 Å². The lowest BCUT2D eigenvalue weighted by Crippen LogP contribution is -2.49. The van der Waals surface area contributed by atoms with Crippen LogP contribution in [0.3, 0.4) is 0 Å². The molecule has 0 radical (unpaired) electrons. The summed E-state index contributed by atoms with van der Waals surface area (Å²) in [6, 6.07) is 6.98. The molecular formula is C15H26N4. The maximum atomic E-state index is 4.75. The molecule has 0 spiro atoms. The highest BCUT2D eigenvalue weighted by Gasteiger charge is 2.19. The van der Waals surface area contributed by atoms with Crippen molar-refractivity contribution in [2.45, 2.75) is 33.4 Å². The minimum absolute atomic E-state index is 0.648. The second kappa shape index (κ2) is 6.87. The van der Waals surface area contributed by atoms with Crippen LogP contribution in [0.25, 0.3) is 0 Å². The van der Waals surface area contributed by atoms with Gasteiger partial charge in [0.2, 0.25) is 0 Å². The maximum absolute atomic E-state index is 4.75. The number of aromatic nitrogens is 1. The molecule has 1 aromatic heterocycles. The first-order valence-corrected chi connectivity index (χ1v) is 7.36. The summed E-state index contributed by atoms with van der Waals surface area (Å²) in [5, 5.41) is 3.33. The Bertz CT molecular complexity index is 383. The Morgan fingerprint density at radius 1 is 1.21 bits per heavy atom. The molecule has 1 aliphatic heterocycles. The molecule has 19 heavy (non-hydrogen) atoms. The molecule has 0 aromatic carbocycles. The van der Waals surface area contributed by atoms with Gasteiger partial charge in [0.15, 0.2) is 0 Å². The van der Waals surface area contributed by atoms with Crippen LogP contribution in [0.15, 0.2) is 18.2 Å². The minimum Gasteiger partial charge on any atom is -0.354 e. The van der Waals surface area contributed by atoms with Crippen LogP contribution in [0.2, 0.25) is 0 Å². The second-order valence-corrected chi connectivity index (χ2v) is 5.38.